The molecular weight excluding hydrogens is 290 g/mol. The topological polar surface area (TPSA) is 88.6 Å². The molecule has 1 aliphatic rings. The quantitative estimate of drug-likeness (QED) is 0.854. The summed E-state index contributed by atoms with van der Waals surface area (Å²) in [4.78, 5) is 14.2. The molecular formula is C14H19N3O3S. The van der Waals surface area contributed by atoms with Crippen LogP contribution in [0.25, 0.3) is 0 Å². The Bertz CT molecular complexity index is 559. The molecule has 0 amide bonds. The molecule has 2 rings (SSSR count). The number of nitrogens with two attached hydrogens (primary N) is 1. The molecule has 1 fully saturated rings. The van der Waals surface area contributed by atoms with Gasteiger partial charge in [0.15, 0.2) is 0 Å². The van der Waals surface area contributed by atoms with Crippen molar-refractivity contribution in [1.29, 1.82) is 5.26 Å². The van der Waals surface area contributed by atoms with Gasteiger partial charge in [0.2, 0.25) is 0 Å². The van der Waals surface area contributed by atoms with E-state index in [4.69, 9.17) is 20.5 Å². The molecule has 0 bridgehead atoms. The normalized spacial score (nSPS) is 18.0. The van der Waals surface area contributed by atoms with Gasteiger partial charge in [-0.15, -0.1) is 11.3 Å². The molecule has 7 heteroatoms. The summed E-state index contributed by atoms with van der Waals surface area (Å²) in [5.74, 6) is -0.0879. The maximum atomic E-state index is 11.9. The number of esters is 1. The highest BCUT2D eigenvalue weighted by molar-refractivity contribution is 7.17. The van der Waals surface area contributed by atoms with Crippen LogP contribution in [-0.2, 0) is 9.47 Å². The van der Waals surface area contributed by atoms with Gasteiger partial charge in [-0.05, 0) is 18.8 Å². The van der Waals surface area contributed by atoms with Crippen LogP contribution in [0.1, 0.15) is 28.1 Å². The van der Waals surface area contributed by atoms with Gasteiger partial charge < -0.3 is 20.1 Å². The summed E-state index contributed by atoms with van der Waals surface area (Å²) < 4.78 is 10.3. The molecule has 0 saturated carbocycles. The number of thiophene rings is 1. The number of carbonyl (C=O) groups excluding carboxylic acids is 1. The first kappa shape index (κ1) is 15.6. The Balaban J connectivity index is 2.24. The van der Waals surface area contributed by atoms with Crippen molar-refractivity contribution in [2.24, 2.45) is 5.92 Å². The molecule has 1 aromatic rings. The molecule has 0 aromatic carbocycles. The van der Waals surface area contributed by atoms with E-state index in [0.29, 0.717) is 21.4 Å². The molecule has 0 aliphatic carbocycles. The Morgan fingerprint density at radius 2 is 2.43 bits per heavy atom. The monoisotopic (exact) mass is 309 g/mol. The number of hydrogen-bond acceptors (Lipinski definition) is 7. The third-order valence-electron chi connectivity index (χ3n) is 3.55. The highest BCUT2D eigenvalue weighted by Crippen LogP contribution is 2.38. The third-order valence-corrected chi connectivity index (χ3v) is 4.78. The highest BCUT2D eigenvalue weighted by Gasteiger charge is 2.26. The average molecular weight is 309 g/mol. The zero-order valence-electron chi connectivity index (χ0n) is 12.2. The second-order valence-corrected chi connectivity index (χ2v) is 6.09. The van der Waals surface area contributed by atoms with E-state index in [1.54, 1.807) is 0 Å². The van der Waals surface area contributed by atoms with E-state index in [-0.39, 0.29) is 5.69 Å². The zero-order chi connectivity index (χ0) is 15.4. The first-order valence-corrected chi connectivity index (χ1v) is 7.59. The van der Waals surface area contributed by atoms with Gasteiger partial charge in [-0.3, -0.25) is 0 Å². The SMILES string of the molecule is COC(=O)c1c(N(C)CC2CCCOC2)sc(C#N)c1N. The second kappa shape index (κ2) is 6.78. The van der Waals surface area contributed by atoms with E-state index in [0.717, 1.165) is 32.6 Å². The fraction of sp³-hybridized carbons (Fsp3) is 0.571. The van der Waals surface area contributed by atoms with E-state index in [9.17, 15) is 4.79 Å². The predicted octanol–water partition coefficient (Wildman–Crippen LogP) is 1.85. The highest BCUT2D eigenvalue weighted by atomic mass is 32.1. The zero-order valence-corrected chi connectivity index (χ0v) is 13.0. The van der Waals surface area contributed by atoms with Crippen molar-refractivity contribution in [3.63, 3.8) is 0 Å². The first-order chi connectivity index (χ1) is 10.1. The maximum Gasteiger partial charge on any atom is 0.343 e. The summed E-state index contributed by atoms with van der Waals surface area (Å²) >= 11 is 1.22. The van der Waals surface area contributed by atoms with Crippen molar-refractivity contribution in [3.8, 4) is 6.07 Å². The van der Waals surface area contributed by atoms with E-state index in [1.165, 1.54) is 18.4 Å². The Morgan fingerprint density at radius 3 is 3.00 bits per heavy atom. The lowest BCUT2D eigenvalue weighted by Gasteiger charge is -2.28. The van der Waals surface area contributed by atoms with Crippen molar-refractivity contribution in [2.45, 2.75) is 12.8 Å². The lowest BCUT2D eigenvalue weighted by Crippen LogP contribution is -2.31. The molecule has 1 atom stereocenters. The van der Waals surface area contributed by atoms with Crippen LogP contribution >= 0.6 is 11.3 Å². The summed E-state index contributed by atoms with van der Waals surface area (Å²) in [5, 5.41) is 9.79. The lowest BCUT2D eigenvalue weighted by atomic mass is 10.0. The van der Waals surface area contributed by atoms with Gasteiger partial charge in [0.25, 0.3) is 0 Å². The van der Waals surface area contributed by atoms with Gasteiger partial charge in [0, 0.05) is 20.2 Å². The van der Waals surface area contributed by atoms with E-state index >= 15 is 0 Å². The number of hydrogen-bond donors (Lipinski definition) is 1. The summed E-state index contributed by atoms with van der Waals surface area (Å²) in [6.45, 7) is 2.30. The second-order valence-electron chi connectivity index (χ2n) is 5.09. The molecule has 1 saturated heterocycles. The number of nitrogens with zero attached hydrogens (tertiary/aromatic N) is 2. The lowest BCUT2D eigenvalue weighted by molar-refractivity contribution is 0.0575. The van der Waals surface area contributed by atoms with Gasteiger partial charge >= 0.3 is 5.97 Å². The van der Waals surface area contributed by atoms with Crippen LogP contribution in [0.4, 0.5) is 10.7 Å². The smallest absolute Gasteiger partial charge is 0.343 e. The number of anilines is 2. The molecule has 0 spiro atoms. The third kappa shape index (κ3) is 3.28. The van der Waals surface area contributed by atoms with Crippen LogP contribution in [0, 0.1) is 17.2 Å². The van der Waals surface area contributed by atoms with Gasteiger partial charge in [0.05, 0.1) is 19.4 Å². The van der Waals surface area contributed by atoms with E-state index in [2.05, 4.69) is 0 Å². The van der Waals surface area contributed by atoms with Crippen molar-refractivity contribution in [1.82, 2.24) is 0 Å². The van der Waals surface area contributed by atoms with Crippen LogP contribution in [0.5, 0.6) is 0 Å². The van der Waals surface area contributed by atoms with Gasteiger partial charge in [-0.25, -0.2) is 4.79 Å². The van der Waals surface area contributed by atoms with Crippen LogP contribution in [0.3, 0.4) is 0 Å². The summed E-state index contributed by atoms with van der Waals surface area (Å²) in [6, 6.07) is 2.03. The molecule has 0 radical (unpaired) electrons. The van der Waals surface area contributed by atoms with Crippen LogP contribution in [-0.4, -0.2) is 39.9 Å². The van der Waals surface area contributed by atoms with E-state index in [1.807, 2.05) is 18.0 Å². The van der Waals surface area contributed by atoms with Crippen LogP contribution in [0.2, 0.25) is 0 Å². The minimum absolute atomic E-state index is 0.205. The maximum absolute atomic E-state index is 11.9. The Kier molecular flexibility index (Phi) is 5.04. The average Bonchev–Trinajstić information content (AvgIpc) is 2.84. The van der Waals surface area contributed by atoms with E-state index < -0.39 is 5.97 Å². The van der Waals surface area contributed by atoms with Crippen molar-refractivity contribution < 1.29 is 14.3 Å². The molecule has 6 nitrogen and oxygen atoms in total. The standard InChI is InChI=1S/C14H19N3O3S/c1-17(7-9-4-3-5-20-8-9)13-11(14(18)19-2)12(16)10(6-15)21-13/h9H,3-5,7-8,16H2,1-2H3. The minimum Gasteiger partial charge on any atom is -0.465 e. The fourth-order valence-electron chi connectivity index (χ4n) is 2.50. The number of methoxy groups -OCH3 is 1. The predicted molar refractivity (Wildman–Crippen MR) is 81.6 cm³/mol. The number of nitrogen functional groups attached to an aromatic ring is 1. The summed E-state index contributed by atoms with van der Waals surface area (Å²) in [6.07, 6.45) is 2.16. The molecule has 21 heavy (non-hydrogen) atoms. The Hall–Kier alpha value is -1.78. The molecule has 1 aromatic heterocycles. The van der Waals surface area contributed by atoms with Gasteiger partial charge in [-0.2, -0.15) is 5.26 Å². The molecule has 2 N–H and O–H groups in total. The fourth-order valence-corrected chi connectivity index (χ4v) is 3.48. The first-order valence-electron chi connectivity index (χ1n) is 6.78. The van der Waals surface area contributed by atoms with Crippen LogP contribution < -0.4 is 10.6 Å². The number of rotatable bonds is 4. The summed E-state index contributed by atoms with van der Waals surface area (Å²) in [5.41, 5.74) is 6.39. The molecule has 114 valence electrons. The van der Waals surface area contributed by atoms with Crippen LogP contribution in [0.15, 0.2) is 0 Å². The van der Waals surface area contributed by atoms with Gasteiger partial charge in [0.1, 0.15) is 21.5 Å². The number of nitriles is 1. The Labute approximate surface area is 128 Å². The molecule has 1 unspecified atom stereocenters. The molecule has 2 heterocycles. The minimum atomic E-state index is -0.507. The van der Waals surface area contributed by atoms with Crippen molar-refractivity contribution in [3.05, 3.63) is 10.4 Å². The number of ether oxygens (including phenoxy) is 2. The van der Waals surface area contributed by atoms with Gasteiger partial charge in [-0.1, -0.05) is 0 Å². The van der Waals surface area contributed by atoms with Crippen molar-refractivity contribution in [2.75, 3.05) is 44.5 Å². The number of carbonyl (C=O) groups is 1. The molecule has 1 aliphatic heterocycles. The van der Waals surface area contributed by atoms with Crippen molar-refractivity contribution >= 4 is 28.0 Å². The largest absolute Gasteiger partial charge is 0.465 e. The Morgan fingerprint density at radius 1 is 1.67 bits per heavy atom. The summed E-state index contributed by atoms with van der Waals surface area (Å²) in [7, 11) is 3.21.